The second-order valence-corrected chi connectivity index (χ2v) is 24.5. The number of fused-ring (bicyclic) bond motifs is 2. The molecule has 1 unspecified atom stereocenters. The van der Waals surface area contributed by atoms with Gasteiger partial charge in [0.1, 0.15) is 12.1 Å². The molecule has 6 amide bonds. The number of amides is 6. The molecule has 7 heterocycles. The molecular formula is C61H82F2N12O7S. The maximum atomic E-state index is 15.1. The number of aryl methyl sites for hydroxylation is 2. The molecule has 5 aromatic rings. The number of likely N-dealkylation sites (tertiary alicyclic amines) is 1. The number of β-amino-alcohol motifs (C(OH)–C–C–N with tert-alkyl or cyclic N) is 1. The molecule has 3 aromatic heterocycles. The van der Waals surface area contributed by atoms with Crippen molar-refractivity contribution in [2.45, 2.75) is 174 Å². The van der Waals surface area contributed by atoms with Crippen LogP contribution in [0.1, 0.15) is 150 Å². The van der Waals surface area contributed by atoms with Crippen molar-refractivity contribution < 1.29 is 42.6 Å². The molecule has 2 aromatic carbocycles. The van der Waals surface area contributed by atoms with E-state index in [4.69, 9.17) is 9.84 Å². The van der Waals surface area contributed by atoms with E-state index in [9.17, 15) is 29.1 Å². The molecule has 0 radical (unpaired) electrons. The van der Waals surface area contributed by atoms with Crippen molar-refractivity contribution in [3.05, 3.63) is 87.9 Å². The van der Waals surface area contributed by atoms with Gasteiger partial charge in [-0.15, -0.1) is 11.3 Å². The highest BCUT2D eigenvalue weighted by atomic mass is 32.1. The molecule has 0 bridgehead atoms. The van der Waals surface area contributed by atoms with Crippen LogP contribution in [0.4, 0.5) is 25.1 Å². The molecule has 0 saturated carbocycles. The second-order valence-electron chi connectivity index (χ2n) is 23.6. The first-order valence-corrected chi connectivity index (χ1v) is 30.6. The highest BCUT2D eigenvalue weighted by molar-refractivity contribution is 7.13. The van der Waals surface area contributed by atoms with Crippen LogP contribution in [0.2, 0.25) is 0 Å². The van der Waals surface area contributed by atoms with Gasteiger partial charge in [0, 0.05) is 113 Å². The summed E-state index contributed by atoms with van der Waals surface area (Å²) >= 11 is 1.57. The van der Waals surface area contributed by atoms with Crippen LogP contribution >= 0.6 is 11.3 Å². The summed E-state index contributed by atoms with van der Waals surface area (Å²) in [7, 11) is 1.62. The lowest BCUT2D eigenvalue weighted by atomic mass is 9.85. The highest BCUT2D eigenvalue weighted by Crippen LogP contribution is 2.44. The Morgan fingerprint density at radius 3 is 2.31 bits per heavy atom. The molecule has 2 fully saturated rings. The van der Waals surface area contributed by atoms with Crippen LogP contribution < -0.4 is 26.2 Å². The zero-order valence-electron chi connectivity index (χ0n) is 48.7. The molecule has 22 heteroatoms. The standard InChI is InChI=1S/C61H82F2N12O7S/c1-39-54(83-38-67-39)41-19-17-40(18-20-41)33-66-58(79)51-31-45(76)36-74(51)59(80)55(61(2,3)4)69-53(78)16-12-10-8-6-7-9-11-15-52(77)65-24-27-72-35-43(34-68-72)46-30-42-14-13-25-73(50(42)32-47(46)56(62)63)57-48-37-71(60(81)64-5)26-21-49(48)75(70-57)44-22-28-82-29-23-44/h17-20,30,32,34-35,38,44-45,51,55-56,76H,6-16,21-29,31,33,36-37H2,1-5H3,(H,64,81)(H,65,77)(H,66,79)(H,69,78)/t45-,51+,55?/m1/s1. The lowest BCUT2D eigenvalue weighted by Crippen LogP contribution is -2.57. The van der Waals surface area contributed by atoms with Crippen molar-refractivity contribution in [2.75, 3.05) is 51.3 Å². The zero-order chi connectivity index (χ0) is 58.8. The summed E-state index contributed by atoms with van der Waals surface area (Å²) in [5, 5.41) is 31.9. The fraction of sp³-hybridized carbons (Fsp3) is 0.574. The Kier molecular flexibility index (Phi) is 20.3. The van der Waals surface area contributed by atoms with Gasteiger partial charge in [0.25, 0.3) is 6.43 Å². The van der Waals surface area contributed by atoms with Crippen LogP contribution in [-0.4, -0.2) is 134 Å². The first-order chi connectivity index (χ1) is 40.0. The summed E-state index contributed by atoms with van der Waals surface area (Å²) in [6.07, 6.45) is 10.3. The number of ether oxygens (including phenoxy) is 1. The number of carbonyl (C=O) groups excluding carboxylic acids is 5. The van der Waals surface area contributed by atoms with Crippen LogP contribution in [0.25, 0.3) is 21.6 Å². The third kappa shape index (κ3) is 15.0. The predicted molar refractivity (Wildman–Crippen MR) is 314 cm³/mol. The number of carbonyl (C=O) groups is 5. The first kappa shape index (κ1) is 60.8. The van der Waals surface area contributed by atoms with Crippen molar-refractivity contribution >= 4 is 52.5 Å². The number of thiazole rings is 1. The number of halogens is 2. The minimum Gasteiger partial charge on any atom is -0.391 e. The van der Waals surface area contributed by atoms with E-state index in [1.54, 1.807) is 46.4 Å². The topological polar surface area (TPSA) is 221 Å². The average Bonchev–Trinajstić information content (AvgIpc) is 3.75. The van der Waals surface area contributed by atoms with Crippen LogP contribution in [0.15, 0.2) is 54.3 Å². The van der Waals surface area contributed by atoms with Crippen LogP contribution in [0.3, 0.4) is 0 Å². The quantitative estimate of drug-likeness (QED) is 0.0390. The van der Waals surface area contributed by atoms with Crippen molar-refractivity contribution in [2.24, 2.45) is 5.41 Å². The number of alkyl halides is 2. The number of nitrogens with one attached hydrogen (secondary N) is 4. The monoisotopic (exact) mass is 1160 g/mol. The fourth-order valence-electron chi connectivity index (χ4n) is 12.0. The summed E-state index contributed by atoms with van der Waals surface area (Å²) in [5.41, 5.74) is 8.70. The fourth-order valence-corrected chi connectivity index (χ4v) is 12.8. The van der Waals surface area contributed by atoms with Gasteiger partial charge in [0.2, 0.25) is 23.6 Å². The third-order valence-corrected chi connectivity index (χ3v) is 17.6. The molecule has 4 aliphatic rings. The van der Waals surface area contributed by atoms with Gasteiger partial charge in [-0.1, -0.05) is 77.1 Å². The molecule has 448 valence electrons. The number of benzene rings is 2. The lowest BCUT2D eigenvalue weighted by Gasteiger charge is -2.35. The lowest BCUT2D eigenvalue weighted by molar-refractivity contribution is -0.144. The van der Waals surface area contributed by atoms with Gasteiger partial charge in [-0.05, 0) is 85.3 Å². The largest absolute Gasteiger partial charge is 0.391 e. The van der Waals surface area contributed by atoms with E-state index in [0.717, 1.165) is 102 Å². The zero-order valence-corrected chi connectivity index (χ0v) is 49.5. The van der Waals surface area contributed by atoms with Gasteiger partial charge in [-0.25, -0.2) is 18.6 Å². The highest BCUT2D eigenvalue weighted by Gasteiger charge is 2.44. The molecule has 2 saturated heterocycles. The molecule has 4 aliphatic heterocycles. The Morgan fingerprint density at radius 1 is 0.904 bits per heavy atom. The Balaban J connectivity index is 0.679. The van der Waals surface area contributed by atoms with Gasteiger partial charge < -0.3 is 45.8 Å². The van der Waals surface area contributed by atoms with E-state index >= 15 is 8.78 Å². The van der Waals surface area contributed by atoms with Crippen LogP contribution in [0, 0.1) is 12.3 Å². The van der Waals surface area contributed by atoms with Crippen molar-refractivity contribution in [1.82, 2.24) is 55.6 Å². The summed E-state index contributed by atoms with van der Waals surface area (Å²) in [6, 6.07) is 9.63. The summed E-state index contributed by atoms with van der Waals surface area (Å²) in [4.78, 5) is 77.1. The number of rotatable bonds is 23. The predicted octanol–water partition coefficient (Wildman–Crippen LogP) is 8.69. The molecule has 0 aliphatic carbocycles. The molecular weight excluding hydrogens is 1080 g/mol. The smallest absolute Gasteiger partial charge is 0.317 e. The van der Waals surface area contributed by atoms with E-state index in [-0.39, 0.29) is 67.2 Å². The van der Waals surface area contributed by atoms with Gasteiger partial charge in [0.15, 0.2) is 5.82 Å². The summed E-state index contributed by atoms with van der Waals surface area (Å²) in [6.45, 7) is 11.4. The SMILES string of the molecule is CNC(=O)N1CCc2c(c(N3CCCc4cc(-c5cnn(CCNC(=O)CCCCCCCCCC(=O)NC(C(=O)N6C[C@H](O)C[C@H]6C(=O)NCc6ccc(-c7scnc7C)cc6)C(C)(C)C)c5)c(C(F)F)cc43)nn2C2CCOCC2)C1. The van der Waals surface area contributed by atoms with Crippen molar-refractivity contribution in [3.63, 3.8) is 0 Å². The maximum Gasteiger partial charge on any atom is 0.317 e. The molecule has 3 atom stereocenters. The number of anilines is 2. The van der Waals surface area contributed by atoms with Gasteiger partial charge in [0.05, 0.1) is 47.5 Å². The normalized spacial score (nSPS) is 17.8. The van der Waals surface area contributed by atoms with Crippen molar-refractivity contribution in [1.29, 1.82) is 0 Å². The Hall–Kier alpha value is -6.78. The second kappa shape index (κ2) is 27.7. The molecule has 5 N–H and O–H groups in total. The van der Waals surface area contributed by atoms with Crippen LogP contribution in [-0.2, 0) is 56.4 Å². The minimum atomic E-state index is -2.75. The van der Waals surface area contributed by atoms with Gasteiger partial charge in [-0.2, -0.15) is 10.2 Å². The van der Waals surface area contributed by atoms with Gasteiger partial charge >= 0.3 is 6.03 Å². The summed E-state index contributed by atoms with van der Waals surface area (Å²) in [5.74, 6) is -0.317. The summed E-state index contributed by atoms with van der Waals surface area (Å²) < 4.78 is 39.6. The number of urea groups is 1. The number of unbranched alkanes of at least 4 members (excludes halogenated alkanes) is 6. The third-order valence-electron chi connectivity index (χ3n) is 16.6. The minimum absolute atomic E-state index is 0.00738. The first-order valence-electron chi connectivity index (χ1n) is 29.7. The van der Waals surface area contributed by atoms with Gasteiger partial charge in [-0.3, -0.25) is 28.5 Å². The molecule has 83 heavy (non-hydrogen) atoms. The van der Waals surface area contributed by atoms with Crippen molar-refractivity contribution in [3.8, 4) is 21.6 Å². The molecule has 9 rings (SSSR count). The van der Waals surface area contributed by atoms with E-state index < -0.39 is 30.0 Å². The van der Waals surface area contributed by atoms with E-state index in [0.29, 0.717) is 88.4 Å². The molecule has 0 spiro atoms. The number of hydrogen-bond donors (Lipinski definition) is 5. The average molecular weight is 1170 g/mol. The molecule has 19 nitrogen and oxygen atoms in total. The van der Waals surface area contributed by atoms with E-state index in [2.05, 4.69) is 40.9 Å². The number of nitrogens with zero attached hydrogens (tertiary/aromatic N) is 8. The van der Waals surface area contributed by atoms with E-state index in [1.165, 1.54) is 4.90 Å². The number of aliphatic hydroxyl groups excluding tert-OH is 1. The number of aliphatic hydroxyl groups is 1. The number of aromatic nitrogens is 5. The Labute approximate surface area is 489 Å². The van der Waals surface area contributed by atoms with E-state index in [1.807, 2.05) is 63.5 Å². The Morgan fingerprint density at radius 2 is 1.63 bits per heavy atom. The number of hydrogen-bond acceptors (Lipinski definition) is 12. The Bertz CT molecular complexity index is 3060. The van der Waals surface area contributed by atoms with Crippen LogP contribution in [0.5, 0.6) is 0 Å². The maximum absolute atomic E-state index is 15.1.